The van der Waals surface area contributed by atoms with Crippen molar-refractivity contribution in [3.05, 3.63) is 18.2 Å². The van der Waals surface area contributed by atoms with Gasteiger partial charge in [0.25, 0.3) is 5.91 Å². The van der Waals surface area contributed by atoms with E-state index in [4.69, 9.17) is 9.47 Å². The van der Waals surface area contributed by atoms with Gasteiger partial charge in [0.15, 0.2) is 6.04 Å². The van der Waals surface area contributed by atoms with Crippen molar-refractivity contribution in [1.29, 1.82) is 0 Å². The third-order valence-electron chi connectivity index (χ3n) is 6.88. The number of methoxy groups -OCH3 is 2. The Morgan fingerprint density at radius 3 is 2.16 bits per heavy atom. The topological polar surface area (TPSA) is 80.6 Å². The van der Waals surface area contributed by atoms with Gasteiger partial charge in [-0.15, -0.1) is 0 Å². The SMILES string of the molecule is COc1cc(OC)cc(N2C(=O)C[C@@H]([NH+]3CCC(C(=O)N4CCCCC4)CC3)C2=O)c1. The van der Waals surface area contributed by atoms with Crippen LogP contribution in [0.15, 0.2) is 18.2 Å². The summed E-state index contributed by atoms with van der Waals surface area (Å²) < 4.78 is 10.6. The van der Waals surface area contributed by atoms with E-state index >= 15 is 0 Å². The summed E-state index contributed by atoms with van der Waals surface area (Å²) in [5.74, 6) is 0.997. The summed E-state index contributed by atoms with van der Waals surface area (Å²) in [5, 5.41) is 0. The first-order valence-corrected chi connectivity index (χ1v) is 11.2. The van der Waals surface area contributed by atoms with E-state index in [1.807, 2.05) is 4.90 Å². The van der Waals surface area contributed by atoms with E-state index in [2.05, 4.69) is 0 Å². The molecule has 0 bridgehead atoms. The summed E-state index contributed by atoms with van der Waals surface area (Å²) in [4.78, 5) is 43.2. The van der Waals surface area contributed by atoms with Gasteiger partial charge in [0, 0.05) is 50.0 Å². The van der Waals surface area contributed by atoms with Gasteiger partial charge in [-0.05, 0) is 19.3 Å². The molecule has 0 unspecified atom stereocenters. The van der Waals surface area contributed by atoms with Crippen LogP contribution in [0.1, 0.15) is 38.5 Å². The summed E-state index contributed by atoms with van der Waals surface area (Å²) in [6.45, 7) is 3.23. The number of imide groups is 1. The first-order valence-electron chi connectivity index (χ1n) is 11.2. The Hall–Kier alpha value is -2.61. The molecule has 1 aromatic rings. The molecule has 0 spiro atoms. The predicted molar refractivity (Wildman–Crippen MR) is 114 cm³/mol. The quantitative estimate of drug-likeness (QED) is 0.694. The Morgan fingerprint density at radius 2 is 1.58 bits per heavy atom. The molecule has 1 atom stereocenters. The highest BCUT2D eigenvalue weighted by molar-refractivity contribution is 6.22. The van der Waals surface area contributed by atoms with Crippen LogP contribution >= 0.6 is 0 Å². The minimum absolute atomic E-state index is 0.0489. The van der Waals surface area contributed by atoms with Crippen molar-refractivity contribution in [3.8, 4) is 11.5 Å². The van der Waals surface area contributed by atoms with Crippen LogP contribution in [0.3, 0.4) is 0 Å². The Labute approximate surface area is 183 Å². The van der Waals surface area contributed by atoms with Gasteiger partial charge in [-0.1, -0.05) is 0 Å². The molecular weight excluding hydrogens is 398 g/mol. The summed E-state index contributed by atoms with van der Waals surface area (Å²) in [5.41, 5.74) is 0.475. The van der Waals surface area contributed by atoms with Crippen molar-refractivity contribution in [2.24, 2.45) is 5.92 Å². The number of quaternary nitrogens is 1. The van der Waals surface area contributed by atoms with E-state index in [1.54, 1.807) is 18.2 Å². The van der Waals surface area contributed by atoms with Gasteiger partial charge in [0.05, 0.1) is 39.4 Å². The van der Waals surface area contributed by atoms with Crippen LogP contribution in [0.5, 0.6) is 11.5 Å². The molecule has 0 radical (unpaired) electrons. The summed E-state index contributed by atoms with van der Waals surface area (Å²) in [6, 6.07) is 4.68. The Kier molecular flexibility index (Phi) is 6.46. The average molecular weight is 431 g/mol. The zero-order chi connectivity index (χ0) is 22.0. The summed E-state index contributed by atoms with van der Waals surface area (Å²) in [7, 11) is 3.07. The zero-order valence-electron chi connectivity index (χ0n) is 18.4. The molecule has 4 rings (SSSR count). The van der Waals surface area contributed by atoms with Crippen LogP contribution in [-0.2, 0) is 14.4 Å². The van der Waals surface area contributed by atoms with Crippen LogP contribution in [-0.4, -0.2) is 69.1 Å². The lowest BCUT2D eigenvalue weighted by atomic mass is 9.93. The average Bonchev–Trinajstić information content (AvgIpc) is 3.12. The van der Waals surface area contributed by atoms with Crippen molar-refractivity contribution in [2.75, 3.05) is 45.3 Å². The van der Waals surface area contributed by atoms with Gasteiger partial charge in [-0.3, -0.25) is 14.4 Å². The minimum atomic E-state index is -0.393. The molecule has 3 saturated heterocycles. The second-order valence-corrected chi connectivity index (χ2v) is 8.71. The Bertz CT molecular complexity index is 821. The number of benzene rings is 1. The van der Waals surface area contributed by atoms with Gasteiger partial charge < -0.3 is 19.3 Å². The Morgan fingerprint density at radius 1 is 0.968 bits per heavy atom. The van der Waals surface area contributed by atoms with Crippen molar-refractivity contribution in [2.45, 2.75) is 44.6 Å². The highest BCUT2D eigenvalue weighted by Crippen LogP contribution is 2.31. The molecule has 3 aliphatic rings. The fourth-order valence-corrected chi connectivity index (χ4v) is 5.10. The van der Waals surface area contributed by atoms with Gasteiger partial charge in [0.1, 0.15) is 11.5 Å². The maximum absolute atomic E-state index is 13.2. The van der Waals surface area contributed by atoms with E-state index in [0.717, 1.165) is 56.8 Å². The van der Waals surface area contributed by atoms with E-state index < -0.39 is 6.04 Å². The second-order valence-electron chi connectivity index (χ2n) is 8.71. The molecule has 3 fully saturated rings. The number of hydrogen-bond acceptors (Lipinski definition) is 5. The van der Waals surface area contributed by atoms with E-state index in [-0.39, 0.29) is 30.1 Å². The maximum Gasteiger partial charge on any atom is 0.292 e. The lowest BCUT2D eigenvalue weighted by Crippen LogP contribution is -3.17. The van der Waals surface area contributed by atoms with E-state index in [1.165, 1.54) is 25.5 Å². The standard InChI is InChI=1S/C23H31N3O5/c1-30-18-12-17(13-19(14-18)31-2)26-21(27)15-20(23(26)29)24-10-6-16(7-11-24)22(28)25-8-4-3-5-9-25/h12-14,16,20H,3-11,15H2,1-2H3/p+1/t20-/m1/s1. The van der Waals surface area contributed by atoms with Crippen molar-refractivity contribution in [1.82, 2.24) is 4.90 Å². The molecule has 0 saturated carbocycles. The highest BCUT2D eigenvalue weighted by Gasteiger charge is 2.47. The number of carbonyl (C=O) groups excluding carboxylic acids is 3. The van der Waals surface area contributed by atoms with Crippen LogP contribution in [0.2, 0.25) is 0 Å². The highest BCUT2D eigenvalue weighted by atomic mass is 16.5. The molecule has 8 nitrogen and oxygen atoms in total. The Balaban J connectivity index is 1.41. The molecule has 3 aliphatic heterocycles. The molecule has 0 aromatic heterocycles. The van der Waals surface area contributed by atoms with Gasteiger partial charge in [-0.2, -0.15) is 0 Å². The number of carbonyl (C=O) groups is 3. The van der Waals surface area contributed by atoms with Crippen molar-refractivity contribution in [3.63, 3.8) is 0 Å². The minimum Gasteiger partial charge on any atom is -0.497 e. The third-order valence-corrected chi connectivity index (χ3v) is 6.88. The first kappa shape index (κ1) is 21.6. The van der Waals surface area contributed by atoms with Crippen LogP contribution in [0.25, 0.3) is 0 Å². The number of likely N-dealkylation sites (tertiary alicyclic amines) is 2. The van der Waals surface area contributed by atoms with Crippen LogP contribution in [0.4, 0.5) is 5.69 Å². The summed E-state index contributed by atoms with van der Waals surface area (Å²) in [6.07, 6.45) is 5.14. The van der Waals surface area contributed by atoms with Crippen LogP contribution < -0.4 is 19.3 Å². The van der Waals surface area contributed by atoms with Gasteiger partial charge >= 0.3 is 0 Å². The molecule has 1 N–H and O–H groups in total. The maximum atomic E-state index is 13.2. The normalized spacial score (nSPS) is 26.8. The van der Waals surface area contributed by atoms with Gasteiger partial charge in [-0.25, -0.2) is 4.90 Å². The molecule has 8 heteroatoms. The van der Waals surface area contributed by atoms with Crippen LogP contribution in [0, 0.1) is 5.92 Å². The molecule has 31 heavy (non-hydrogen) atoms. The zero-order valence-corrected chi connectivity index (χ0v) is 18.4. The summed E-state index contributed by atoms with van der Waals surface area (Å²) >= 11 is 0. The fraction of sp³-hybridized carbons (Fsp3) is 0.609. The second kappa shape index (κ2) is 9.26. The number of anilines is 1. The number of nitrogens with one attached hydrogen (secondary N) is 1. The van der Waals surface area contributed by atoms with E-state index in [9.17, 15) is 14.4 Å². The fourth-order valence-electron chi connectivity index (χ4n) is 5.10. The molecule has 0 aliphatic carbocycles. The van der Waals surface area contributed by atoms with Crippen molar-refractivity contribution < 1.29 is 28.8 Å². The molecule has 3 heterocycles. The smallest absolute Gasteiger partial charge is 0.292 e. The molecule has 3 amide bonds. The molecule has 1 aromatic carbocycles. The van der Waals surface area contributed by atoms with Crippen molar-refractivity contribution >= 4 is 23.4 Å². The lowest BCUT2D eigenvalue weighted by molar-refractivity contribution is -0.920. The number of piperidine rings is 2. The monoisotopic (exact) mass is 430 g/mol. The molecule has 168 valence electrons. The number of rotatable bonds is 5. The van der Waals surface area contributed by atoms with Gasteiger partial charge in [0.2, 0.25) is 11.8 Å². The first-order chi connectivity index (χ1) is 15.0. The molecular formula is C23H32N3O5+. The number of hydrogen-bond donors (Lipinski definition) is 1. The lowest BCUT2D eigenvalue weighted by Gasteiger charge is -2.35. The van der Waals surface area contributed by atoms with E-state index in [0.29, 0.717) is 17.2 Å². The predicted octanol–water partition coefficient (Wildman–Crippen LogP) is 0.643. The number of ether oxygens (including phenoxy) is 2. The number of amides is 3. The third kappa shape index (κ3) is 4.39. The number of nitrogens with zero attached hydrogens (tertiary/aromatic N) is 2. The largest absolute Gasteiger partial charge is 0.497 e.